The number of pyridine rings is 2. The molecule has 4 aromatic heterocycles. The van der Waals surface area contributed by atoms with Crippen LogP contribution < -0.4 is 69.1 Å². The van der Waals surface area contributed by atoms with Crippen molar-refractivity contribution in [3.63, 3.8) is 0 Å². The van der Waals surface area contributed by atoms with Crippen molar-refractivity contribution in [3.05, 3.63) is 464 Å². The first-order chi connectivity index (χ1) is 60.8. The number of aromatic amines is 1. The molecule has 632 valence electrons. The number of H-pyrrole nitrogens is 1. The fourth-order valence-electron chi connectivity index (χ4n) is 13.4. The molecular formula is C107H96BBrCl2N6O4P4Pd. The number of fused-ring (bicyclic) bond motifs is 2. The van der Waals surface area contributed by atoms with Crippen molar-refractivity contribution >= 4 is 175 Å². The van der Waals surface area contributed by atoms with Crippen molar-refractivity contribution in [1.82, 2.24) is 29.9 Å². The van der Waals surface area contributed by atoms with Gasteiger partial charge in [0.1, 0.15) is 15.9 Å². The van der Waals surface area contributed by atoms with E-state index in [1.807, 2.05) is 109 Å². The predicted octanol–water partition coefficient (Wildman–Crippen LogP) is 22.7. The van der Waals surface area contributed by atoms with Crippen LogP contribution in [-0.4, -0.2) is 60.0 Å². The molecule has 0 unspecified atom stereocenters. The van der Waals surface area contributed by atoms with Crippen LogP contribution in [0.3, 0.4) is 0 Å². The summed E-state index contributed by atoms with van der Waals surface area (Å²) in [7, 11) is -2.22. The standard InChI is InChI=1S/4C18H15P.C12H13BrN2O2.C12H8ClN3.C11H15BClNO2.Pd/c4*1-4-10-16(11-5-1)19(17-12-6-2-7-13-17)18-14-8-3-9-15-18;1-12(2,3)17-11(16)15-10-6-9(13)5-4-8(10)7-14-15;13-12-10(2-1-5-14-12)8-3-4-9-7-15-16-11(9)6-8;1-10(2)11(3,4)16-12(15-10)8-6-5-7-14-9(8)13;/h4*1-15H;4-7H,1-3H3;1-7H,(H,15,16);5-7H,1-4H3;. The molecule has 0 atom stereocenters. The van der Waals surface area contributed by atoms with Gasteiger partial charge in [-0.05, 0) is 186 Å². The summed E-state index contributed by atoms with van der Waals surface area (Å²) in [6.07, 6.45) is 6.30. The molecule has 19 rings (SSSR count). The Morgan fingerprint density at radius 1 is 0.381 bits per heavy atom. The van der Waals surface area contributed by atoms with E-state index in [9.17, 15) is 4.79 Å². The van der Waals surface area contributed by atoms with Crippen LogP contribution in [0.4, 0.5) is 4.79 Å². The molecule has 19 heteroatoms. The minimum atomic E-state index is -0.526. The van der Waals surface area contributed by atoms with Crippen molar-refractivity contribution in [2.24, 2.45) is 0 Å². The van der Waals surface area contributed by atoms with Crippen LogP contribution in [0.5, 0.6) is 0 Å². The topological polar surface area (TPSA) is 117 Å². The summed E-state index contributed by atoms with van der Waals surface area (Å²) in [5.41, 5.74) is 3.25. The third kappa shape index (κ3) is 26.4. The van der Waals surface area contributed by atoms with Crippen LogP contribution in [0.15, 0.2) is 454 Å². The maximum Gasteiger partial charge on any atom is 0.498 e. The molecule has 1 N–H and O–H groups in total. The number of hydrogen-bond acceptors (Lipinski definition) is 8. The third-order valence-electron chi connectivity index (χ3n) is 20.1. The number of aromatic nitrogens is 6. The molecule has 5 heterocycles. The van der Waals surface area contributed by atoms with Crippen LogP contribution in [0.2, 0.25) is 10.3 Å². The fourth-order valence-corrected chi connectivity index (χ4v) is 23.4. The number of ether oxygens (including phenoxy) is 1. The Labute approximate surface area is 778 Å². The Bertz CT molecular complexity index is 5420. The molecule has 10 nitrogen and oxygen atoms in total. The van der Waals surface area contributed by atoms with E-state index in [0.29, 0.717) is 10.3 Å². The molecule has 0 saturated carbocycles. The Morgan fingerprint density at radius 3 is 0.968 bits per heavy atom. The Balaban J connectivity index is 0.000000134. The fraction of sp³-hybridized carbons (Fsp3) is 0.0935. The van der Waals surface area contributed by atoms with Crippen LogP contribution in [0.1, 0.15) is 48.5 Å². The zero-order chi connectivity index (χ0) is 87.2. The number of nitrogens with zero attached hydrogens (tertiary/aromatic N) is 5. The second-order valence-electron chi connectivity index (χ2n) is 30.6. The van der Waals surface area contributed by atoms with E-state index in [-0.39, 0.29) is 31.6 Å². The SMILES string of the molecule is CC(C)(C)OC(=O)n1ncc2ccc(Br)cc21.CC1(C)OB(c2cccnc2Cl)OC1(C)C.Clc1ncccc1-c1ccc2cn[nH]c2c1.[Pd].c1ccc(P(c2ccccc2)c2ccccc2)cc1.c1ccc(P(c2ccccc2)c2ccccc2)cc1.c1ccc(P(c2ccccc2)c2ccccc2)cc1.c1ccc(P(c2ccccc2)c2ccccc2)cc1. The van der Waals surface area contributed by atoms with Crippen molar-refractivity contribution in [2.45, 2.75) is 65.3 Å². The summed E-state index contributed by atoms with van der Waals surface area (Å²) >= 11 is 15.4. The Hall–Kier alpha value is -10.8. The third-order valence-corrected chi connectivity index (χ3v) is 31.0. The van der Waals surface area contributed by atoms with Crippen molar-refractivity contribution in [1.29, 1.82) is 0 Å². The molecule has 0 bridgehead atoms. The van der Waals surface area contributed by atoms with E-state index >= 15 is 0 Å². The Morgan fingerprint density at radius 2 is 0.675 bits per heavy atom. The van der Waals surface area contributed by atoms with Crippen LogP contribution >= 0.6 is 70.8 Å². The van der Waals surface area contributed by atoms with Crippen LogP contribution in [-0.2, 0) is 34.5 Å². The van der Waals surface area contributed by atoms with E-state index in [0.717, 1.165) is 42.9 Å². The molecule has 18 aromatic rings. The predicted molar refractivity (Wildman–Crippen MR) is 539 cm³/mol. The zero-order valence-electron chi connectivity index (χ0n) is 70.9. The number of benzene rings is 14. The molecule has 0 aliphatic carbocycles. The summed E-state index contributed by atoms with van der Waals surface area (Å²) in [6.45, 7) is 13.5. The second-order valence-corrected chi connectivity index (χ2v) is 41.1. The molecule has 0 spiro atoms. The summed E-state index contributed by atoms with van der Waals surface area (Å²) in [4.78, 5) is 20.0. The quantitative estimate of drug-likeness (QED) is 0.0650. The van der Waals surface area contributed by atoms with E-state index in [2.05, 4.69) is 405 Å². The molecule has 1 aliphatic heterocycles. The molecule has 14 aromatic carbocycles. The molecule has 0 radical (unpaired) electrons. The number of carbonyl (C=O) groups is 1. The van der Waals surface area contributed by atoms with Gasteiger partial charge in [-0.2, -0.15) is 14.9 Å². The molecule has 1 fully saturated rings. The van der Waals surface area contributed by atoms with Gasteiger partial charge in [-0.1, -0.05) is 427 Å². The summed E-state index contributed by atoms with van der Waals surface area (Å²) in [5.74, 6) is 0. The first-order valence-corrected chi connectivity index (χ1v) is 47.9. The van der Waals surface area contributed by atoms with Gasteiger partial charge < -0.3 is 14.0 Å². The van der Waals surface area contributed by atoms with E-state index in [1.54, 1.807) is 24.8 Å². The van der Waals surface area contributed by atoms with Gasteiger partial charge in [-0.15, -0.1) is 0 Å². The van der Waals surface area contributed by atoms with Crippen LogP contribution in [0.25, 0.3) is 32.9 Å². The Kier molecular flexibility index (Phi) is 35.3. The number of hydrogen-bond donors (Lipinski definition) is 1. The average molecular weight is 1920 g/mol. The number of halogens is 3. The van der Waals surface area contributed by atoms with Crippen molar-refractivity contribution in [2.75, 3.05) is 0 Å². The van der Waals surface area contributed by atoms with Gasteiger partial charge in [0.25, 0.3) is 0 Å². The van der Waals surface area contributed by atoms with Crippen molar-refractivity contribution in [3.8, 4) is 11.1 Å². The molecule has 1 saturated heterocycles. The van der Waals surface area contributed by atoms with Gasteiger partial charge >= 0.3 is 13.2 Å². The molecule has 0 amide bonds. The average Bonchev–Trinajstić information content (AvgIpc) is 1.60. The van der Waals surface area contributed by atoms with E-state index in [1.165, 1.54) is 68.3 Å². The van der Waals surface area contributed by atoms with Crippen molar-refractivity contribution < 1.29 is 39.3 Å². The first kappa shape index (κ1) is 94.4. The number of nitrogens with one attached hydrogen (secondary N) is 1. The number of rotatable bonds is 14. The largest absolute Gasteiger partial charge is 0.498 e. The van der Waals surface area contributed by atoms with Gasteiger partial charge in [-0.3, -0.25) is 5.10 Å². The summed E-state index contributed by atoms with van der Waals surface area (Å²) in [6, 6.07) is 149. The van der Waals surface area contributed by atoms with Gasteiger partial charge in [-0.25, -0.2) is 14.8 Å². The summed E-state index contributed by atoms with van der Waals surface area (Å²) in [5, 5.41) is 30.7. The number of carbonyl (C=O) groups excluding carboxylic acids is 1. The van der Waals surface area contributed by atoms with Gasteiger partial charge in [0.2, 0.25) is 0 Å². The van der Waals surface area contributed by atoms with Crippen LogP contribution in [0, 0.1) is 0 Å². The van der Waals surface area contributed by atoms with E-state index < -0.39 is 50.5 Å². The van der Waals surface area contributed by atoms with Gasteiger partial charge in [0.05, 0.1) is 34.6 Å². The minimum Gasteiger partial charge on any atom is -0.442 e. The minimum absolute atomic E-state index is 0. The van der Waals surface area contributed by atoms with Gasteiger partial charge in [0.15, 0.2) is 0 Å². The molecule has 126 heavy (non-hydrogen) atoms. The normalized spacial score (nSPS) is 12.2. The maximum atomic E-state index is 11.9. The van der Waals surface area contributed by atoms with E-state index in [4.69, 9.17) is 37.2 Å². The molecular weight excluding hydrogens is 1830 g/mol. The monoisotopic (exact) mass is 1920 g/mol. The first-order valence-electron chi connectivity index (χ1n) is 41.0. The maximum absolute atomic E-state index is 11.9. The molecule has 1 aliphatic rings. The smallest absolute Gasteiger partial charge is 0.442 e. The van der Waals surface area contributed by atoms with Gasteiger partial charge in [0, 0.05) is 59.1 Å². The zero-order valence-corrected chi connectivity index (χ0v) is 79.1. The summed E-state index contributed by atoms with van der Waals surface area (Å²) < 4.78 is 19.2. The second kappa shape index (κ2) is 47.1.